The molecule has 1 N–H and O–H groups in total. The number of likely N-dealkylation sites (tertiary alicyclic amines) is 1. The summed E-state index contributed by atoms with van der Waals surface area (Å²) in [6.07, 6.45) is 2.79. The highest BCUT2D eigenvalue weighted by molar-refractivity contribution is 6.04. The van der Waals surface area contributed by atoms with Crippen molar-refractivity contribution in [3.05, 3.63) is 18.2 Å². The fraction of sp³-hybridized carbons (Fsp3) is 0.722. The van der Waals surface area contributed by atoms with Crippen molar-refractivity contribution in [3.8, 4) is 5.75 Å². The SMILES string of the molecule is COCCCN1C(=O)C(C)(C)Oc2ccc(N(C(=O)[C@@H]3C[C@H](C(=O)N[C@@H](COC)CC(C)C)CN(C(=O)OC(C)(C)C)C3)C3CC3)cc21. The number of methoxy groups -OCH3 is 2. The monoisotopic (exact) mass is 672 g/mol. The number of piperidine rings is 1. The zero-order valence-electron chi connectivity index (χ0n) is 30.3. The number of carbonyl (C=O) groups is 4. The predicted octanol–water partition coefficient (Wildman–Crippen LogP) is 4.77. The van der Waals surface area contributed by atoms with Crippen molar-refractivity contribution in [1.29, 1.82) is 0 Å². The van der Waals surface area contributed by atoms with Gasteiger partial charge in [0.15, 0.2) is 5.60 Å². The van der Waals surface area contributed by atoms with E-state index in [1.54, 1.807) is 58.6 Å². The Morgan fingerprint density at radius 2 is 1.77 bits per heavy atom. The third kappa shape index (κ3) is 9.40. The summed E-state index contributed by atoms with van der Waals surface area (Å²) in [5, 5.41) is 3.13. The average Bonchev–Trinajstić information content (AvgIpc) is 3.83. The molecule has 1 aromatic rings. The number of ether oxygens (including phenoxy) is 4. The largest absolute Gasteiger partial charge is 0.476 e. The summed E-state index contributed by atoms with van der Waals surface area (Å²) in [4.78, 5) is 60.1. The predicted molar refractivity (Wildman–Crippen MR) is 183 cm³/mol. The van der Waals surface area contributed by atoms with Gasteiger partial charge in [0, 0.05) is 52.2 Å². The second-order valence-corrected chi connectivity index (χ2v) is 15.3. The summed E-state index contributed by atoms with van der Waals surface area (Å²) in [5.41, 5.74) is -0.508. The smallest absolute Gasteiger partial charge is 0.410 e. The van der Waals surface area contributed by atoms with Crippen molar-refractivity contribution >= 4 is 35.2 Å². The van der Waals surface area contributed by atoms with E-state index in [-0.39, 0.29) is 42.9 Å². The first-order valence-corrected chi connectivity index (χ1v) is 17.3. The highest BCUT2D eigenvalue weighted by atomic mass is 16.6. The Labute approximate surface area is 285 Å². The highest BCUT2D eigenvalue weighted by Gasteiger charge is 2.45. The Kier molecular flexibility index (Phi) is 12.0. The fourth-order valence-corrected chi connectivity index (χ4v) is 6.54. The van der Waals surface area contributed by atoms with E-state index in [4.69, 9.17) is 18.9 Å². The molecule has 4 rings (SSSR count). The van der Waals surface area contributed by atoms with E-state index < -0.39 is 29.1 Å². The van der Waals surface area contributed by atoms with Crippen LogP contribution < -0.4 is 19.9 Å². The van der Waals surface area contributed by atoms with Crippen LogP contribution in [0, 0.1) is 17.8 Å². The molecule has 3 atom stereocenters. The van der Waals surface area contributed by atoms with Crippen LogP contribution in [0.3, 0.4) is 0 Å². The first-order valence-electron chi connectivity index (χ1n) is 17.3. The minimum Gasteiger partial charge on any atom is -0.476 e. The molecule has 12 nitrogen and oxygen atoms in total. The van der Waals surface area contributed by atoms with Gasteiger partial charge in [-0.1, -0.05) is 13.8 Å². The van der Waals surface area contributed by atoms with Crippen LogP contribution in [-0.4, -0.2) is 99.1 Å². The Morgan fingerprint density at radius 1 is 1.08 bits per heavy atom. The van der Waals surface area contributed by atoms with Gasteiger partial charge in [0.25, 0.3) is 5.91 Å². The van der Waals surface area contributed by atoms with E-state index in [0.717, 1.165) is 19.3 Å². The van der Waals surface area contributed by atoms with Gasteiger partial charge in [-0.15, -0.1) is 0 Å². The van der Waals surface area contributed by atoms with Gasteiger partial charge in [-0.05, 0) is 90.8 Å². The molecule has 1 aliphatic carbocycles. The van der Waals surface area contributed by atoms with Gasteiger partial charge in [-0.2, -0.15) is 0 Å². The molecule has 2 heterocycles. The summed E-state index contributed by atoms with van der Waals surface area (Å²) in [7, 11) is 3.23. The van der Waals surface area contributed by atoms with Gasteiger partial charge in [0.1, 0.15) is 11.4 Å². The van der Waals surface area contributed by atoms with Gasteiger partial charge in [0.05, 0.1) is 30.2 Å². The lowest BCUT2D eigenvalue weighted by Crippen LogP contribution is -2.55. The molecule has 4 amide bonds. The molecule has 0 bridgehead atoms. The Hall–Kier alpha value is -3.38. The molecule has 0 aromatic heterocycles. The molecule has 1 saturated heterocycles. The normalized spacial score (nSPS) is 21.3. The van der Waals surface area contributed by atoms with Crippen molar-refractivity contribution in [1.82, 2.24) is 10.2 Å². The molecule has 0 unspecified atom stereocenters. The van der Waals surface area contributed by atoms with E-state index in [2.05, 4.69) is 19.2 Å². The van der Waals surface area contributed by atoms with E-state index in [0.29, 0.717) is 55.6 Å². The first kappa shape index (κ1) is 37.4. The van der Waals surface area contributed by atoms with Crippen LogP contribution in [0.5, 0.6) is 5.75 Å². The summed E-state index contributed by atoms with van der Waals surface area (Å²) in [6.45, 7) is 14.7. The standard InChI is InChI=1S/C36H56N4O8/c1-23(2)17-26(22-46-9)37-31(41)24-18-25(21-38(20-24)34(44)48-35(3,4)5)32(42)40(27-11-12-27)28-13-14-30-29(19-28)39(15-10-16-45-8)33(43)36(6,7)47-30/h13-14,19,23-27H,10-12,15-18,20-22H2,1-9H3,(H,37,41)/t24-,25+,26+/m0/s1. The first-order chi connectivity index (χ1) is 22.5. The van der Waals surface area contributed by atoms with E-state index in [9.17, 15) is 19.2 Å². The summed E-state index contributed by atoms with van der Waals surface area (Å²) in [5.74, 6) is -0.864. The second kappa shape index (κ2) is 15.4. The Bertz CT molecular complexity index is 1320. The fourth-order valence-electron chi connectivity index (χ4n) is 6.54. The van der Waals surface area contributed by atoms with Gasteiger partial charge in [-0.25, -0.2) is 4.79 Å². The third-order valence-corrected chi connectivity index (χ3v) is 8.81. The topological polar surface area (TPSA) is 127 Å². The zero-order chi connectivity index (χ0) is 35.4. The van der Waals surface area contributed by atoms with Crippen LogP contribution in [0.15, 0.2) is 18.2 Å². The van der Waals surface area contributed by atoms with Crippen LogP contribution >= 0.6 is 0 Å². The van der Waals surface area contributed by atoms with Crippen molar-refractivity contribution in [3.63, 3.8) is 0 Å². The van der Waals surface area contributed by atoms with Crippen LogP contribution in [0.4, 0.5) is 16.2 Å². The lowest BCUT2D eigenvalue weighted by atomic mass is 9.87. The average molecular weight is 673 g/mol. The number of carbonyl (C=O) groups excluding carboxylic acids is 4. The summed E-state index contributed by atoms with van der Waals surface area (Å²) < 4.78 is 22.4. The molecule has 0 spiro atoms. The number of hydrogen-bond donors (Lipinski definition) is 1. The second-order valence-electron chi connectivity index (χ2n) is 15.3. The van der Waals surface area contributed by atoms with Gasteiger partial charge in [-0.3, -0.25) is 14.4 Å². The maximum atomic E-state index is 14.6. The molecule has 12 heteroatoms. The lowest BCUT2D eigenvalue weighted by Gasteiger charge is -2.40. The summed E-state index contributed by atoms with van der Waals surface area (Å²) >= 11 is 0. The van der Waals surface area contributed by atoms with Gasteiger partial charge < -0.3 is 39.0 Å². The van der Waals surface area contributed by atoms with Crippen molar-refractivity contribution in [2.24, 2.45) is 17.8 Å². The number of benzene rings is 1. The maximum Gasteiger partial charge on any atom is 0.410 e. The molecule has 268 valence electrons. The number of hydrogen-bond acceptors (Lipinski definition) is 8. The molecular weight excluding hydrogens is 616 g/mol. The molecule has 1 aromatic carbocycles. The van der Waals surface area contributed by atoms with Gasteiger partial charge in [0.2, 0.25) is 11.8 Å². The zero-order valence-corrected chi connectivity index (χ0v) is 30.3. The molecule has 0 radical (unpaired) electrons. The van der Waals surface area contributed by atoms with E-state index >= 15 is 0 Å². The minimum absolute atomic E-state index is 0.0181. The quantitative estimate of drug-likeness (QED) is 0.297. The molecule has 2 fully saturated rings. The van der Waals surface area contributed by atoms with Crippen LogP contribution in [0.2, 0.25) is 0 Å². The van der Waals surface area contributed by atoms with Crippen LogP contribution in [0.1, 0.15) is 80.6 Å². The van der Waals surface area contributed by atoms with Crippen molar-refractivity contribution in [2.45, 2.75) is 104 Å². The maximum absolute atomic E-state index is 14.6. The van der Waals surface area contributed by atoms with E-state index in [1.165, 1.54) is 4.90 Å². The van der Waals surface area contributed by atoms with Crippen LogP contribution in [0.25, 0.3) is 0 Å². The van der Waals surface area contributed by atoms with Crippen LogP contribution in [-0.2, 0) is 28.6 Å². The Balaban J connectivity index is 1.64. The molecule has 48 heavy (non-hydrogen) atoms. The number of amides is 4. The van der Waals surface area contributed by atoms with Crippen molar-refractivity contribution in [2.75, 3.05) is 56.9 Å². The number of nitrogens with zero attached hydrogens (tertiary/aromatic N) is 3. The lowest BCUT2D eigenvalue weighted by molar-refractivity contribution is -0.133. The number of nitrogens with one attached hydrogen (secondary N) is 1. The number of rotatable bonds is 13. The van der Waals surface area contributed by atoms with E-state index in [1.807, 2.05) is 18.2 Å². The van der Waals surface area contributed by atoms with Gasteiger partial charge >= 0.3 is 6.09 Å². The Morgan fingerprint density at radius 3 is 2.38 bits per heavy atom. The third-order valence-electron chi connectivity index (χ3n) is 8.81. The number of fused-ring (bicyclic) bond motifs is 1. The summed E-state index contributed by atoms with van der Waals surface area (Å²) in [6, 6.07) is 5.32. The van der Waals surface area contributed by atoms with Crippen molar-refractivity contribution < 1.29 is 38.1 Å². The molecular formula is C36H56N4O8. The molecule has 2 aliphatic heterocycles. The number of anilines is 2. The highest BCUT2D eigenvalue weighted by Crippen LogP contribution is 2.43. The minimum atomic E-state index is -1.03. The molecule has 1 saturated carbocycles. The molecule has 3 aliphatic rings.